The molecule has 1 radical (unpaired) electrons. The summed E-state index contributed by atoms with van der Waals surface area (Å²) in [5.74, 6) is 2.06. The number of rotatable bonds is 5. The summed E-state index contributed by atoms with van der Waals surface area (Å²) in [6.07, 6.45) is 4.04. The Morgan fingerprint density at radius 3 is 2.89 bits per heavy atom. The Kier molecular flexibility index (Phi) is 3.78. The van der Waals surface area contributed by atoms with Gasteiger partial charge in [0.05, 0.1) is 12.3 Å². The minimum Gasteiger partial charge on any atom is -0.494 e. The number of benzene rings is 1. The number of ether oxygens (including phenoxy) is 1. The van der Waals surface area contributed by atoms with Crippen LogP contribution in [0.25, 0.3) is 11.3 Å². The number of thioether (sulfide) groups is 1. The van der Waals surface area contributed by atoms with E-state index in [1.165, 1.54) is 0 Å². The van der Waals surface area contributed by atoms with Gasteiger partial charge in [0.15, 0.2) is 5.16 Å². The van der Waals surface area contributed by atoms with Crippen LogP contribution in [0, 0.1) is 6.92 Å². The topological polar surface area (TPSA) is 27.1 Å². The smallest absolute Gasteiger partial charge is 0.168 e. The molecule has 1 aromatic heterocycles. The first-order chi connectivity index (χ1) is 9.36. The van der Waals surface area contributed by atoms with Gasteiger partial charge in [-0.05, 0) is 30.7 Å². The summed E-state index contributed by atoms with van der Waals surface area (Å²) in [6, 6.07) is 8.16. The zero-order chi connectivity index (χ0) is 13.1. The number of imidazole rings is 1. The Morgan fingerprint density at radius 1 is 1.32 bits per heavy atom. The van der Waals surface area contributed by atoms with Crippen molar-refractivity contribution >= 4 is 11.8 Å². The molecule has 19 heavy (non-hydrogen) atoms. The minimum atomic E-state index is 0.734. The predicted molar refractivity (Wildman–Crippen MR) is 78.5 cm³/mol. The van der Waals surface area contributed by atoms with Crippen LogP contribution in [0.4, 0.5) is 0 Å². The van der Waals surface area contributed by atoms with Crippen LogP contribution in [0.3, 0.4) is 0 Å². The van der Waals surface area contributed by atoms with E-state index in [1.807, 2.05) is 23.9 Å². The number of fused-ring (bicyclic) bond motifs is 1. The lowest BCUT2D eigenvalue weighted by Crippen LogP contribution is -1.96. The van der Waals surface area contributed by atoms with Crippen LogP contribution in [-0.4, -0.2) is 21.9 Å². The van der Waals surface area contributed by atoms with Crippen LogP contribution in [0.5, 0.6) is 5.75 Å². The van der Waals surface area contributed by atoms with Gasteiger partial charge in [-0.2, -0.15) is 0 Å². The summed E-state index contributed by atoms with van der Waals surface area (Å²) >= 11 is 1.82. The Hall–Kier alpha value is -1.42. The van der Waals surface area contributed by atoms with Crippen molar-refractivity contribution in [1.29, 1.82) is 0 Å². The maximum Gasteiger partial charge on any atom is 0.168 e. The number of hydrogen-bond acceptors (Lipinski definition) is 3. The van der Waals surface area contributed by atoms with E-state index in [4.69, 9.17) is 4.74 Å². The molecule has 2 heterocycles. The van der Waals surface area contributed by atoms with E-state index in [2.05, 4.69) is 34.8 Å². The lowest BCUT2D eigenvalue weighted by molar-refractivity contribution is 0.312. The summed E-state index contributed by atoms with van der Waals surface area (Å²) in [4.78, 5) is 4.64. The molecule has 0 spiro atoms. The molecule has 0 fully saturated rings. The maximum atomic E-state index is 5.63. The fourth-order valence-corrected chi connectivity index (χ4v) is 3.01. The molecule has 0 unspecified atom stereocenters. The van der Waals surface area contributed by atoms with Gasteiger partial charge in [-0.3, -0.25) is 0 Å². The second-order valence-electron chi connectivity index (χ2n) is 4.53. The highest BCUT2D eigenvalue weighted by Gasteiger charge is 2.14. The van der Waals surface area contributed by atoms with Crippen LogP contribution < -0.4 is 4.74 Å². The molecular weight excluding hydrogens is 256 g/mol. The fourth-order valence-electron chi connectivity index (χ4n) is 2.06. The van der Waals surface area contributed by atoms with Crippen molar-refractivity contribution in [2.75, 3.05) is 12.4 Å². The third kappa shape index (κ3) is 2.78. The number of aromatic nitrogens is 2. The molecule has 3 nitrogen and oxygen atoms in total. The van der Waals surface area contributed by atoms with E-state index >= 15 is 0 Å². The van der Waals surface area contributed by atoms with E-state index in [0.717, 1.165) is 53.9 Å². The first-order valence-corrected chi connectivity index (χ1v) is 7.58. The molecule has 99 valence electrons. The highest BCUT2D eigenvalue weighted by molar-refractivity contribution is 7.99. The van der Waals surface area contributed by atoms with Crippen LogP contribution in [0.1, 0.15) is 12.8 Å². The largest absolute Gasteiger partial charge is 0.494 e. The summed E-state index contributed by atoms with van der Waals surface area (Å²) in [5.41, 5.74) is 2.19. The number of unbranched alkanes of at least 4 members (excludes halogenated alkanes) is 1. The zero-order valence-corrected chi connectivity index (χ0v) is 11.7. The summed E-state index contributed by atoms with van der Waals surface area (Å²) in [6.45, 7) is 5.61. The summed E-state index contributed by atoms with van der Waals surface area (Å²) < 4.78 is 7.85. The molecule has 4 heteroatoms. The zero-order valence-electron chi connectivity index (χ0n) is 10.8. The third-order valence-electron chi connectivity index (χ3n) is 3.12. The number of nitrogens with zero attached hydrogens (tertiary/aromatic N) is 2. The molecule has 0 bridgehead atoms. The van der Waals surface area contributed by atoms with Crippen LogP contribution in [0.2, 0.25) is 0 Å². The Bertz CT molecular complexity index is 526. The summed E-state index contributed by atoms with van der Waals surface area (Å²) in [7, 11) is 0. The van der Waals surface area contributed by atoms with Gasteiger partial charge < -0.3 is 9.30 Å². The van der Waals surface area contributed by atoms with Crippen LogP contribution in [0.15, 0.2) is 35.6 Å². The van der Waals surface area contributed by atoms with Crippen molar-refractivity contribution in [2.45, 2.75) is 24.5 Å². The van der Waals surface area contributed by atoms with Crippen molar-refractivity contribution in [3.8, 4) is 17.0 Å². The van der Waals surface area contributed by atoms with Gasteiger partial charge in [-0.15, -0.1) is 0 Å². The highest BCUT2D eigenvalue weighted by atomic mass is 32.2. The van der Waals surface area contributed by atoms with Crippen molar-refractivity contribution in [3.63, 3.8) is 0 Å². The first kappa shape index (κ1) is 12.6. The number of hydrogen-bond donors (Lipinski definition) is 0. The highest BCUT2D eigenvalue weighted by Crippen LogP contribution is 2.29. The molecule has 0 aliphatic carbocycles. The Labute approximate surface area is 118 Å². The van der Waals surface area contributed by atoms with Gasteiger partial charge in [0.25, 0.3) is 0 Å². The van der Waals surface area contributed by atoms with Gasteiger partial charge >= 0.3 is 0 Å². The molecule has 1 aliphatic rings. The molecule has 0 atom stereocenters. The van der Waals surface area contributed by atoms with E-state index < -0.39 is 0 Å². The monoisotopic (exact) mass is 273 g/mol. The van der Waals surface area contributed by atoms with E-state index in [0.29, 0.717) is 0 Å². The third-order valence-corrected chi connectivity index (χ3v) is 4.09. The normalized spacial score (nSPS) is 13.5. The fraction of sp³-hybridized carbons (Fsp3) is 0.333. The molecule has 1 aromatic carbocycles. The quantitative estimate of drug-likeness (QED) is 0.778. The standard InChI is InChI=1S/C15H17N2OS/c1-2-3-9-18-13-6-4-12(5-7-13)14-11-17-8-10-19-15(17)16-14/h4-7,11H,1-3,8-10H2. The van der Waals surface area contributed by atoms with Gasteiger partial charge in [-0.25, -0.2) is 4.98 Å². The lowest BCUT2D eigenvalue weighted by atomic mass is 10.1. The van der Waals surface area contributed by atoms with E-state index in [1.54, 1.807) is 0 Å². The first-order valence-electron chi connectivity index (χ1n) is 6.59. The molecule has 0 saturated heterocycles. The second kappa shape index (κ2) is 5.70. The minimum absolute atomic E-state index is 0.734. The number of aryl methyl sites for hydroxylation is 1. The Balaban J connectivity index is 1.71. The molecule has 0 saturated carbocycles. The molecule has 1 aliphatic heterocycles. The van der Waals surface area contributed by atoms with Gasteiger partial charge in [0.1, 0.15) is 5.75 Å². The van der Waals surface area contributed by atoms with E-state index in [9.17, 15) is 0 Å². The molecule has 2 aromatic rings. The van der Waals surface area contributed by atoms with Gasteiger partial charge in [0.2, 0.25) is 0 Å². The predicted octanol–water partition coefficient (Wildman–Crippen LogP) is 3.65. The SMILES string of the molecule is [CH2]CCCOc1ccc(-c2cn3c(n2)SCC3)cc1. The van der Waals surface area contributed by atoms with Crippen molar-refractivity contribution in [3.05, 3.63) is 37.4 Å². The molecule has 3 rings (SSSR count). The van der Waals surface area contributed by atoms with Gasteiger partial charge in [0, 0.05) is 24.1 Å². The summed E-state index contributed by atoms with van der Waals surface area (Å²) in [5, 5.41) is 1.13. The maximum absolute atomic E-state index is 5.63. The average Bonchev–Trinajstić information content (AvgIpc) is 3.01. The average molecular weight is 273 g/mol. The Morgan fingerprint density at radius 2 is 2.16 bits per heavy atom. The molecular formula is C15H17N2OS. The van der Waals surface area contributed by atoms with E-state index in [-0.39, 0.29) is 0 Å². The van der Waals surface area contributed by atoms with Crippen molar-refractivity contribution in [2.24, 2.45) is 0 Å². The van der Waals surface area contributed by atoms with Crippen LogP contribution in [-0.2, 0) is 6.54 Å². The van der Waals surface area contributed by atoms with Gasteiger partial charge in [-0.1, -0.05) is 25.1 Å². The van der Waals surface area contributed by atoms with Crippen molar-refractivity contribution in [1.82, 2.24) is 9.55 Å². The second-order valence-corrected chi connectivity index (χ2v) is 5.59. The lowest BCUT2D eigenvalue weighted by Gasteiger charge is -2.05. The van der Waals surface area contributed by atoms with Crippen molar-refractivity contribution < 1.29 is 4.74 Å². The van der Waals surface area contributed by atoms with Crippen LogP contribution >= 0.6 is 11.8 Å². The molecule has 0 N–H and O–H groups in total. The molecule has 0 amide bonds.